The van der Waals surface area contributed by atoms with E-state index >= 15 is 0 Å². The van der Waals surface area contributed by atoms with Gasteiger partial charge in [0, 0.05) is 33.6 Å². The summed E-state index contributed by atoms with van der Waals surface area (Å²) >= 11 is 0. The Balaban J connectivity index is 1.47. The van der Waals surface area contributed by atoms with Crippen molar-refractivity contribution < 1.29 is 32.3 Å². The van der Waals surface area contributed by atoms with Crippen molar-refractivity contribution in [3.8, 4) is 28.6 Å². The van der Waals surface area contributed by atoms with Crippen molar-refractivity contribution in [2.45, 2.75) is 38.5 Å². The Kier molecular flexibility index (Phi) is 4.88. The number of alkyl halides is 3. The topological polar surface area (TPSA) is 101 Å². The van der Waals surface area contributed by atoms with Gasteiger partial charge in [0.05, 0.1) is 6.42 Å². The minimum atomic E-state index is -4.80. The van der Waals surface area contributed by atoms with Crippen LogP contribution in [0.3, 0.4) is 0 Å². The lowest BCUT2D eigenvalue weighted by Gasteiger charge is -2.10. The summed E-state index contributed by atoms with van der Waals surface area (Å²) in [4.78, 5) is 18.8. The van der Waals surface area contributed by atoms with Crippen molar-refractivity contribution in [3.63, 3.8) is 0 Å². The van der Waals surface area contributed by atoms with Crippen LogP contribution in [0.1, 0.15) is 35.6 Å². The van der Waals surface area contributed by atoms with Crippen LogP contribution in [0.4, 0.5) is 13.2 Å². The number of aryl methyl sites for hydroxylation is 2. The molecule has 0 radical (unpaired) electrons. The molecular weight excluding hydrogens is 439 g/mol. The van der Waals surface area contributed by atoms with Crippen molar-refractivity contribution in [1.82, 2.24) is 15.1 Å². The SMILES string of the molecule is Cc1cc(OC(F)(F)F)cc(-c2nc(-c3ccc4[nH]c5c(c4c3)CCC5CC(=O)O)no2)c1. The highest BCUT2D eigenvalue weighted by atomic mass is 19.4. The van der Waals surface area contributed by atoms with E-state index in [1.807, 2.05) is 18.2 Å². The highest BCUT2D eigenvalue weighted by Crippen LogP contribution is 2.40. The number of nitrogens with zero attached hydrogens (tertiary/aromatic N) is 2. The molecule has 2 N–H and O–H groups in total. The summed E-state index contributed by atoms with van der Waals surface area (Å²) in [6, 6.07) is 9.69. The van der Waals surface area contributed by atoms with Gasteiger partial charge in [-0.2, -0.15) is 4.98 Å². The maximum absolute atomic E-state index is 12.6. The highest BCUT2D eigenvalue weighted by Gasteiger charge is 2.31. The Morgan fingerprint density at radius 3 is 2.82 bits per heavy atom. The summed E-state index contributed by atoms with van der Waals surface area (Å²) in [7, 11) is 0. The second-order valence-electron chi connectivity index (χ2n) is 8.12. The molecule has 170 valence electrons. The number of carboxylic acids is 1. The lowest BCUT2D eigenvalue weighted by Crippen LogP contribution is -2.17. The third-order valence-electron chi connectivity index (χ3n) is 5.73. The maximum atomic E-state index is 12.6. The average molecular weight is 457 g/mol. The summed E-state index contributed by atoms with van der Waals surface area (Å²) in [6.07, 6.45) is -3.17. The molecule has 2 heterocycles. The first-order valence-corrected chi connectivity index (χ1v) is 10.2. The van der Waals surface area contributed by atoms with Crippen molar-refractivity contribution in [2.75, 3.05) is 0 Å². The highest BCUT2D eigenvalue weighted by molar-refractivity contribution is 5.89. The van der Waals surface area contributed by atoms with E-state index in [4.69, 9.17) is 9.63 Å². The Morgan fingerprint density at radius 1 is 1.24 bits per heavy atom. The van der Waals surface area contributed by atoms with Gasteiger partial charge in [0.25, 0.3) is 5.89 Å². The molecule has 1 atom stereocenters. The average Bonchev–Trinajstić information content (AvgIpc) is 3.42. The summed E-state index contributed by atoms with van der Waals surface area (Å²) in [5.41, 5.74) is 4.49. The number of fused-ring (bicyclic) bond motifs is 3. The quantitative estimate of drug-likeness (QED) is 0.405. The van der Waals surface area contributed by atoms with Gasteiger partial charge in [0.15, 0.2) is 0 Å². The third-order valence-corrected chi connectivity index (χ3v) is 5.73. The smallest absolute Gasteiger partial charge is 0.481 e. The Morgan fingerprint density at radius 2 is 2.06 bits per heavy atom. The number of aromatic nitrogens is 3. The number of benzene rings is 2. The van der Waals surface area contributed by atoms with Gasteiger partial charge in [0.1, 0.15) is 5.75 Å². The number of rotatable bonds is 5. The molecule has 2 aromatic heterocycles. The van der Waals surface area contributed by atoms with Crippen LogP contribution >= 0.6 is 0 Å². The predicted molar refractivity (Wildman–Crippen MR) is 112 cm³/mol. The molecule has 0 fully saturated rings. The molecule has 0 aliphatic heterocycles. The Bertz CT molecular complexity index is 1370. The van der Waals surface area contributed by atoms with Crippen LogP contribution in [0.5, 0.6) is 5.75 Å². The lowest BCUT2D eigenvalue weighted by atomic mass is 10.0. The van der Waals surface area contributed by atoms with E-state index in [1.165, 1.54) is 12.1 Å². The summed E-state index contributed by atoms with van der Waals surface area (Å²) in [5.74, 6) is -0.869. The predicted octanol–water partition coefficient (Wildman–Crippen LogP) is 5.60. The van der Waals surface area contributed by atoms with Crippen LogP contribution in [0.15, 0.2) is 40.9 Å². The zero-order chi connectivity index (χ0) is 23.3. The van der Waals surface area contributed by atoms with Crippen LogP contribution < -0.4 is 4.74 Å². The van der Waals surface area contributed by atoms with Crippen molar-refractivity contribution in [3.05, 3.63) is 53.2 Å². The van der Waals surface area contributed by atoms with Crippen LogP contribution in [-0.2, 0) is 11.2 Å². The van der Waals surface area contributed by atoms with Gasteiger partial charge in [-0.05, 0) is 67.3 Å². The van der Waals surface area contributed by atoms with Crippen LogP contribution in [0.2, 0.25) is 0 Å². The standard InChI is InChI=1S/C23H18F3N3O4/c1-11-6-14(8-15(7-11)32-23(24,25)26)22-28-21(29-33-22)13-3-5-18-17(9-13)16-4-2-12(10-19(30)31)20(16)27-18/h3,5-9,12,27H,2,4,10H2,1H3,(H,30,31). The molecule has 0 spiro atoms. The molecule has 33 heavy (non-hydrogen) atoms. The first-order chi connectivity index (χ1) is 15.7. The van der Waals surface area contributed by atoms with E-state index in [9.17, 15) is 18.0 Å². The molecule has 1 unspecified atom stereocenters. The summed E-state index contributed by atoms with van der Waals surface area (Å²) < 4.78 is 47.2. The molecule has 1 aliphatic carbocycles. The van der Waals surface area contributed by atoms with Crippen LogP contribution in [0.25, 0.3) is 33.7 Å². The number of H-pyrrole nitrogens is 1. The second-order valence-corrected chi connectivity index (χ2v) is 8.12. The van der Waals surface area contributed by atoms with Crippen LogP contribution in [0, 0.1) is 6.92 Å². The van der Waals surface area contributed by atoms with Gasteiger partial charge >= 0.3 is 12.3 Å². The number of aromatic amines is 1. The number of halogens is 3. The molecule has 4 aromatic rings. The minimum Gasteiger partial charge on any atom is -0.481 e. The summed E-state index contributed by atoms with van der Waals surface area (Å²) in [5, 5.41) is 14.1. The van der Waals surface area contributed by atoms with Gasteiger partial charge in [-0.15, -0.1) is 13.2 Å². The van der Waals surface area contributed by atoms with E-state index in [2.05, 4.69) is 19.9 Å². The Labute approximate surface area is 185 Å². The summed E-state index contributed by atoms with van der Waals surface area (Å²) in [6.45, 7) is 1.64. The first-order valence-electron chi connectivity index (χ1n) is 10.2. The van der Waals surface area contributed by atoms with E-state index < -0.39 is 12.3 Å². The van der Waals surface area contributed by atoms with Crippen molar-refractivity contribution in [2.24, 2.45) is 0 Å². The number of nitrogens with one attached hydrogen (secondary N) is 1. The number of hydrogen-bond acceptors (Lipinski definition) is 5. The van der Waals surface area contributed by atoms with E-state index in [0.29, 0.717) is 22.5 Å². The maximum Gasteiger partial charge on any atom is 0.573 e. The van der Waals surface area contributed by atoms with E-state index in [-0.39, 0.29) is 24.0 Å². The number of carboxylic acid groups (broad SMARTS) is 1. The van der Waals surface area contributed by atoms with E-state index in [0.717, 1.165) is 35.0 Å². The number of aliphatic carboxylic acids is 1. The first kappa shape index (κ1) is 21.0. The molecule has 2 aromatic carbocycles. The molecule has 0 saturated heterocycles. The molecule has 0 bridgehead atoms. The molecule has 0 amide bonds. The van der Waals surface area contributed by atoms with Gasteiger partial charge < -0.3 is 19.4 Å². The minimum absolute atomic E-state index is 0.0421. The third kappa shape index (κ3) is 4.15. The normalized spacial score (nSPS) is 15.7. The number of ether oxygens (including phenoxy) is 1. The van der Waals surface area contributed by atoms with Gasteiger partial charge in [-0.3, -0.25) is 4.79 Å². The molecular formula is C23H18F3N3O4. The monoisotopic (exact) mass is 457 g/mol. The molecule has 7 nitrogen and oxygen atoms in total. The molecule has 0 saturated carbocycles. The fourth-order valence-electron chi connectivity index (χ4n) is 4.43. The second kappa shape index (κ2) is 7.65. The number of hydrogen-bond donors (Lipinski definition) is 2. The lowest BCUT2D eigenvalue weighted by molar-refractivity contribution is -0.274. The number of carbonyl (C=O) groups is 1. The van der Waals surface area contributed by atoms with Gasteiger partial charge in [-0.25, -0.2) is 0 Å². The van der Waals surface area contributed by atoms with Crippen molar-refractivity contribution >= 4 is 16.9 Å². The van der Waals surface area contributed by atoms with Crippen molar-refractivity contribution in [1.29, 1.82) is 0 Å². The Hall–Kier alpha value is -3.82. The van der Waals surface area contributed by atoms with Gasteiger partial charge in [0.2, 0.25) is 5.82 Å². The largest absolute Gasteiger partial charge is 0.573 e. The fourth-order valence-corrected chi connectivity index (χ4v) is 4.43. The van der Waals surface area contributed by atoms with Crippen LogP contribution in [-0.4, -0.2) is 32.6 Å². The fraction of sp³-hybridized carbons (Fsp3) is 0.261. The van der Waals surface area contributed by atoms with Gasteiger partial charge in [-0.1, -0.05) is 5.16 Å². The van der Waals surface area contributed by atoms with E-state index in [1.54, 1.807) is 13.0 Å². The zero-order valence-corrected chi connectivity index (χ0v) is 17.4. The zero-order valence-electron chi connectivity index (χ0n) is 17.4. The molecule has 5 rings (SSSR count). The molecule has 10 heteroatoms. The molecule has 1 aliphatic rings.